The number of hydrogen-bond acceptors (Lipinski definition) is 5. The van der Waals surface area contributed by atoms with Crippen molar-refractivity contribution in [1.82, 2.24) is 5.32 Å². The van der Waals surface area contributed by atoms with Gasteiger partial charge >= 0.3 is 0 Å². The normalized spacial score (nSPS) is 24.0. The molecule has 1 saturated carbocycles. The van der Waals surface area contributed by atoms with Gasteiger partial charge < -0.3 is 24.6 Å². The topological polar surface area (TPSA) is 60.0 Å². The van der Waals surface area contributed by atoms with Crippen LogP contribution in [0.5, 0.6) is 0 Å². The molecule has 2 atom stereocenters. The fourth-order valence-corrected chi connectivity index (χ4v) is 2.34. The highest BCUT2D eigenvalue weighted by Crippen LogP contribution is 2.40. The quantitative estimate of drug-likeness (QED) is 0.506. The molecule has 1 fully saturated rings. The molecule has 0 aromatic heterocycles. The fraction of sp³-hybridized carbons (Fsp3) is 1.00. The van der Waals surface area contributed by atoms with Crippen LogP contribution in [0.25, 0.3) is 0 Å². The van der Waals surface area contributed by atoms with E-state index < -0.39 is 0 Å². The van der Waals surface area contributed by atoms with Gasteiger partial charge in [0.05, 0.1) is 39.1 Å². The van der Waals surface area contributed by atoms with E-state index in [2.05, 4.69) is 26.1 Å². The van der Waals surface area contributed by atoms with Crippen LogP contribution >= 0.6 is 0 Å². The highest BCUT2D eigenvalue weighted by atomic mass is 16.5. The van der Waals surface area contributed by atoms with Crippen molar-refractivity contribution in [2.75, 3.05) is 46.2 Å². The van der Waals surface area contributed by atoms with Crippen molar-refractivity contribution in [1.29, 1.82) is 0 Å². The molecule has 21 heavy (non-hydrogen) atoms. The molecule has 0 radical (unpaired) electrons. The van der Waals surface area contributed by atoms with Gasteiger partial charge in [-0.1, -0.05) is 27.2 Å². The van der Waals surface area contributed by atoms with Crippen molar-refractivity contribution in [3.8, 4) is 0 Å². The number of hydrogen-bond donors (Lipinski definition) is 2. The first-order chi connectivity index (χ1) is 10.1. The van der Waals surface area contributed by atoms with Gasteiger partial charge in [0.1, 0.15) is 0 Å². The smallest absolute Gasteiger partial charge is 0.0701 e. The number of rotatable bonds is 13. The summed E-state index contributed by atoms with van der Waals surface area (Å²) in [5.41, 5.74) is -0.0130. The van der Waals surface area contributed by atoms with E-state index in [0.29, 0.717) is 39.1 Å². The van der Waals surface area contributed by atoms with Crippen LogP contribution in [-0.4, -0.2) is 63.4 Å². The van der Waals surface area contributed by atoms with Crippen LogP contribution in [0.15, 0.2) is 0 Å². The van der Waals surface area contributed by atoms with Gasteiger partial charge in [0.2, 0.25) is 0 Å². The Hall–Kier alpha value is -0.200. The Morgan fingerprint density at radius 1 is 1.00 bits per heavy atom. The zero-order chi connectivity index (χ0) is 15.6. The molecule has 2 unspecified atom stereocenters. The summed E-state index contributed by atoms with van der Waals surface area (Å²) in [7, 11) is 0. The predicted molar refractivity (Wildman–Crippen MR) is 83.6 cm³/mol. The van der Waals surface area contributed by atoms with Gasteiger partial charge in [-0.25, -0.2) is 0 Å². The van der Waals surface area contributed by atoms with Gasteiger partial charge in [0.25, 0.3) is 0 Å². The minimum Gasteiger partial charge on any atom is -0.392 e. The molecule has 5 heteroatoms. The molecule has 1 aliphatic carbocycles. The molecule has 0 aromatic carbocycles. The molecule has 0 saturated heterocycles. The summed E-state index contributed by atoms with van der Waals surface area (Å²) in [6, 6.07) is 0.396. The monoisotopic (exact) mass is 303 g/mol. The average molecular weight is 303 g/mol. The van der Waals surface area contributed by atoms with Gasteiger partial charge in [0.15, 0.2) is 0 Å². The maximum atomic E-state index is 9.64. The molecule has 0 spiro atoms. The van der Waals surface area contributed by atoms with Gasteiger partial charge in [0, 0.05) is 24.6 Å². The Kier molecular flexibility index (Phi) is 9.44. The molecule has 126 valence electrons. The molecule has 0 aliphatic heterocycles. The van der Waals surface area contributed by atoms with Crippen molar-refractivity contribution in [3.63, 3.8) is 0 Å². The third kappa shape index (κ3) is 7.06. The molecule has 0 heterocycles. The lowest BCUT2D eigenvalue weighted by Crippen LogP contribution is -2.60. The molecule has 0 bridgehead atoms. The van der Waals surface area contributed by atoms with E-state index in [1.165, 1.54) is 6.42 Å². The third-order valence-corrected chi connectivity index (χ3v) is 4.24. The van der Waals surface area contributed by atoms with Gasteiger partial charge in [-0.2, -0.15) is 0 Å². The van der Waals surface area contributed by atoms with Crippen molar-refractivity contribution in [3.05, 3.63) is 0 Å². The summed E-state index contributed by atoms with van der Waals surface area (Å²) in [5.74, 6) is 0. The number of ether oxygens (including phenoxy) is 3. The lowest BCUT2D eigenvalue weighted by molar-refractivity contribution is -0.0741. The number of nitrogens with one attached hydrogen (secondary N) is 1. The molecule has 2 N–H and O–H groups in total. The summed E-state index contributed by atoms with van der Waals surface area (Å²) < 4.78 is 16.3. The highest BCUT2D eigenvalue weighted by Gasteiger charge is 2.46. The largest absolute Gasteiger partial charge is 0.392 e. The summed E-state index contributed by atoms with van der Waals surface area (Å²) in [6.07, 6.45) is 2.95. The zero-order valence-corrected chi connectivity index (χ0v) is 13.9. The van der Waals surface area contributed by atoms with E-state index in [1.54, 1.807) is 0 Å². The molecule has 0 amide bonds. The van der Waals surface area contributed by atoms with Gasteiger partial charge in [-0.3, -0.25) is 0 Å². The first kappa shape index (κ1) is 18.8. The van der Waals surface area contributed by atoms with E-state index in [-0.39, 0.29) is 11.5 Å². The molecule has 1 aliphatic rings. The standard InChI is InChI=1S/C16H33NO4/c1-4-5-7-19-9-11-21-12-10-20-8-6-17-14-13-15(18)16(14,2)3/h14-15,17-18H,4-13H2,1-3H3. The molecule has 5 nitrogen and oxygen atoms in total. The van der Waals surface area contributed by atoms with Crippen LogP contribution in [0.2, 0.25) is 0 Å². The molecule has 0 aromatic rings. The highest BCUT2D eigenvalue weighted by molar-refractivity contribution is 5.01. The second-order valence-electron chi connectivity index (χ2n) is 6.27. The summed E-state index contributed by atoms with van der Waals surface area (Å²) in [4.78, 5) is 0. The fourth-order valence-electron chi connectivity index (χ4n) is 2.34. The van der Waals surface area contributed by atoms with Crippen LogP contribution in [0.1, 0.15) is 40.0 Å². The summed E-state index contributed by atoms with van der Waals surface area (Å²) >= 11 is 0. The van der Waals surface area contributed by atoms with Crippen molar-refractivity contribution in [2.24, 2.45) is 5.41 Å². The van der Waals surface area contributed by atoms with Gasteiger partial charge in [-0.15, -0.1) is 0 Å². The second kappa shape index (κ2) is 10.5. The van der Waals surface area contributed by atoms with Crippen LogP contribution in [0, 0.1) is 5.41 Å². The molecular formula is C16H33NO4. The number of unbranched alkanes of at least 4 members (excludes halogenated alkanes) is 1. The van der Waals surface area contributed by atoms with Crippen molar-refractivity contribution >= 4 is 0 Å². The van der Waals surface area contributed by atoms with Crippen LogP contribution in [0.4, 0.5) is 0 Å². The van der Waals surface area contributed by atoms with E-state index in [1.807, 2.05) is 0 Å². The predicted octanol–water partition coefficient (Wildman–Crippen LogP) is 1.59. The number of aliphatic hydroxyl groups is 1. The molecule has 1 rings (SSSR count). The Bertz CT molecular complexity index is 261. The minimum atomic E-state index is -0.177. The first-order valence-electron chi connectivity index (χ1n) is 8.23. The Balaban J connectivity index is 1.77. The average Bonchev–Trinajstić information content (AvgIpc) is 2.47. The summed E-state index contributed by atoms with van der Waals surface area (Å²) in [5, 5.41) is 13.1. The van der Waals surface area contributed by atoms with E-state index in [0.717, 1.165) is 26.0 Å². The van der Waals surface area contributed by atoms with E-state index in [9.17, 15) is 5.11 Å². The maximum Gasteiger partial charge on any atom is 0.0701 e. The number of aliphatic hydroxyl groups excluding tert-OH is 1. The summed E-state index contributed by atoms with van der Waals surface area (Å²) in [6.45, 7) is 11.2. The van der Waals surface area contributed by atoms with E-state index in [4.69, 9.17) is 14.2 Å². The van der Waals surface area contributed by atoms with Gasteiger partial charge in [-0.05, 0) is 12.8 Å². The van der Waals surface area contributed by atoms with E-state index >= 15 is 0 Å². The van der Waals surface area contributed by atoms with Crippen molar-refractivity contribution in [2.45, 2.75) is 52.2 Å². The maximum absolute atomic E-state index is 9.64. The Morgan fingerprint density at radius 2 is 1.57 bits per heavy atom. The lowest BCUT2D eigenvalue weighted by atomic mass is 9.64. The van der Waals surface area contributed by atoms with Crippen LogP contribution in [0.3, 0.4) is 0 Å². The minimum absolute atomic E-state index is 0.0130. The second-order valence-corrected chi connectivity index (χ2v) is 6.27. The Morgan fingerprint density at radius 3 is 2.10 bits per heavy atom. The lowest BCUT2D eigenvalue weighted by Gasteiger charge is -2.49. The zero-order valence-electron chi connectivity index (χ0n) is 13.9. The van der Waals surface area contributed by atoms with Crippen molar-refractivity contribution < 1.29 is 19.3 Å². The Labute approximate surface area is 129 Å². The third-order valence-electron chi connectivity index (χ3n) is 4.24. The van der Waals surface area contributed by atoms with Crippen LogP contribution < -0.4 is 5.32 Å². The first-order valence-corrected chi connectivity index (χ1v) is 8.23. The molecular weight excluding hydrogens is 270 g/mol. The SMILES string of the molecule is CCCCOCCOCCOCCNC1CC(O)C1(C)C. The van der Waals surface area contributed by atoms with Crippen LogP contribution in [-0.2, 0) is 14.2 Å².